The molecule has 2 aromatic carbocycles. The number of halogens is 1. The van der Waals surface area contributed by atoms with E-state index in [2.05, 4.69) is 0 Å². The van der Waals surface area contributed by atoms with Crippen molar-refractivity contribution in [3.63, 3.8) is 0 Å². The van der Waals surface area contributed by atoms with Gasteiger partial charge in [-0.25, -0.2) is 14.0 Å². The van der Waals surface area contributed by atoms with Gasteiger partial charge in [-0.1, -0.05) is 12.1 Å². The highest BCUT2D eigenvalue weighted by molar-refractivity contribution is 5.97. The average molecular weight is 577 g/mol. The van der Waals surface area contributed by atoms with Crippen molar-refractivity contribution in [1.82, 2.24) is 0 Å². The normalized spacial score (nSPS) is 21.7. The van der Waals surface area contributed by atoms with Gasteiger partial charge in [0.2, 0.25) is 12.5 Å². The summed E-state index contributed by atoms with van der Waals surface area (Å²) >= 11 is 0. The summed E-state index contributed by atoms with van der Waals surface area (Å²) in [6.45, 7) is 2.86. The molecule has 1 unspecified atom stereocenters. The van der Waals surface area contributed by atoms with Gasteiger partial charge in [0.05, 0.1) is 25.3 Å². The summed E-state index contributed by atoms with van der Waals surface area (Å²) in [5, 5.41) is 0. The van der Waals surface area contributed by atoms with Gasteiger partial charge >= 0.3 is 29.8 Å². The minimum Gasteiger partial charge on any atom is -0.465 e. The molecule has 0 radical (unpaired) electrons. The lowest BCUT2D eigenvalue weighted by molar-refractivity contribution is -0.271. The van der Waals surface area contributed by atoms with Crippen molar-refractivity contribution in [2.24, 2.45) is 0 Å². The average Bonchev–Trinajstić information content (AvgIpc) is 2.94. The van der Waals surface area contributed by atoms with Crippen molar-refractivity contribution in [3.05, 3.63) is 53.6 Å². The van der Waals surface area contributed by atoms with E-state index in [0.29, 0.717) is 11.1 Å². The molecular formula is C28H29FO12. The Bertz CT molecular complexity index is 1260. The molecule has 220 valence electrons. The Morgan fingerprint density at radius 2 is 1.29 bits per heavy atom. The Kier molecular flexibility index (Phi) is 10.4. The van der Waals surface area contributed by atoms with Crippen molar-refractivity contribution >= 4 is 29.8 Å². The van der Waals surface area contributed by atoms with E-state index in [0.717, 1.165) is 20.8 Å². The number of esters is 5. The van der Waals surface area contributed by atoms with Crippen LogP contribution in [0.25, 0.3) is 11.1 Å². The predicted molar refractivity (Wildman–Crippen MR) is 136 cm³/mol. The molecule has 2 aromatic rings. The van der Waals surface area contributed by atoms with E-state index in [-0.39, 0.29) is 16.9 Å². The maximum Gasteiger partial charge on any atom is 0.337 e. The molecule has 5 atom stereocenters. The topological polar surface area (TPSA) is 150 Å². The number of hydrogen-bond donors (Lipinski definition) is 0. The van der Waals surface area contributed by atoms with E-state index in [1.165, 1.54) is 44.6 Å². The van der Waals surface area contributed by atoms with Crippen LogP contribution in [-0.2, 0) is 42.8 Å². The van der Waals surface area contributed by atoms with Crippen molar-refractivity contribution in [3.8, 4) is 16.9 Å². The molecule has 0 saturated carbocycles. The van der Waals surface area contributed by atoms with Crippen LogP contribution in [0.2, 0.25) is 0 Å². The molecule has 1 saturated heterocycles. The Morgan fingerprint density at radius 1 is 0.756 bits per heavy atom. The Labute approximate surface area is 234 Å². The molecule has 41 heavy (non-hydrogen) atoms. The van der Waals surface area contributed by atoms with Crippen molar-refractivity contribution < 1.29 is 61.5 Å². The van der Waals surface area contributed by atoms with E-state index in [4.69, 9.17) is 33.2 Å². The first-order chi connectivity index (χ1) is 19.4. The Hall–Kier alpha value is -4.52. The lowest BCUT2D eigenvalue weighted by Crippen LogP contribution is -2.61. The van der Waals surface area contributed by atoms with Crippen LogP contribution in [0.15, 0.2) is 42.5 Å². The summed E-state index contributed by atoms with van der Waals surface area (Å²) in [7, 11) is 2.42. The van der Waals surface area contributed by atoms with Crippen LogP contribution in [0.1, 0.15) is 41.5 Å². The zero-order valence-corrected chi connectivity index (χ0v) is 22.9. The second-order valence-electron chi connectivity index (χ2n) is 8.86. The summed E-state index contributed by atoms with van der Waals surface area (Å²) in [6.07, 6.45) is -8.00. The molecule has 0 amide bonds. The summed E-state index contributed by atoms with van der Waals surface area (Å²) < 4.78 is 51.7. The van der Waals surface area contributed by atoms with E-state index in [1.807, 2.05) is 0 Å². The summed E-state index contributed by atoms with van der Waals surface area (Å²) in [5.74, 6) is -3.47. The van der Waals surface area contributed by atoms with Gasteiger partial charge in [-0.3, -0.25) is 14.4 Å². The van der Waals surface area contributed by atoms with Crippen molar-refractivity contribution in [2.45, 2.75) is 51.5 Å². The molecule has 1 aliphatic rings. The molecule has 0 bridgehead atoms. The van der Waals surface area contributed by atoms with Gasteiger partial charge in [-0.15, -0.1) is 0 Å². The first kappa shape index (κ1) is 31.0. The van der Waals surface area contributed by atoms with Crippen LogP contribution in [0.5, 0.6) is 5.75 Å². The van der Waals surface area contributed by atoms with E-state index in [9.17, 15) is 24.0 Å². The highest BCUT2D eigenvalue weighted by Gasteiger charge is 2.52. The van der Waals surface area contributed by atoms with E-state index < -0.39 is 67.2 Å². The van der Waals surface area contributed by atoms with E-state index in [1.54, 1.807) is 12.1 Å². The molecular weight excluding hydrogens is 547 g/mol. The maximum atomic E-state index is 15.6. The molecule has 0 N–H and O–H groups in total. The standard InChI is InChI=1S/C28H29FO12/c1-14(30)37-13-22-24(38-15(2)31)25(39-16(3)32)23(29)28(41-22)40-21-8-6-17(7-9-21)18-10-19(26(33)35-4)12-20(11-18)27(34)36-5/h6-12,22-25,28H,13H2,1-5H3/t22-,23+,24?,25-,28+/m1/s1. The molecule has 0 spiro atoms. The molecule has 1 fully saturated rings. The zero-order chi connectivity index (χ0) is 30.3. The maximum absolute atomic E-state index is 15.6. The third-order valence-corrected chi connectivity index (χ3v) is 5.84. The number of benzene rings is 2. The minimum absolute atomic E-state index is 0.124. The number of carbonyl (C=O) groups is 5. The largest absolute Gasteiger partial charge is 0.465 e. The number of rotatable bonds is 9. The van der Waals surface area contributed by atoms with Gasteiger partial charge in [-0.05, 0) is 41.5 Å². The SMILES string of the molecule is COC(=O)c1cc(C(=O)OC)cc(-c2ccc(O[C@H]3O[C@H](COC(C)=O)C(OC(C)=O)[C@H](OC(C)=O)[C@@H]3F)cc2)c1. The number of alkyl halides is 1. The Balaban J connectivity index is 1.89. The van der Waals surface area contributed by atoms with E-state index >= 15 is 4.39 Å². The second kappa shape index (κ2) is 13.7. The first-order valence-electron chi connectivity index (χ1n) is 12.3. The van der Waals surface area contributed by atoms with Gasteiger partial charge < -0.3 is 33.2 Å². The zero-order valence-electron chi connectivity index (χ0n) is 22.9. The van der Waals surface area contributed by atoms with Crippen molar-refractivity contribution in [2.75, 3.05) is 20.8 Å². The molecule has 1 heterocycles. The smallest absolute Gasteiger partial charge is 0.337 e. The molecule has 0 aliphatic carbocycles. The van der Waals surface area contributed by atoms with Crippen LogP contribution < -0.4 is 4.74 Å². The van der Waals surface area contributed by atoms with Crippen molar-refractivity contribution in [1.29, 1.82) is 0 Å². The fraction of sp³-hybridized carbons (Fsp3) is 0.393. The fourth-order valence-electron chi connectivity index (χ4n) is 4.08. The van der Waals surface area contributed by atoms with Gasteiger partial charge in [0, 0.05) is 20.8 Å². The summed E-state index contributed by atoms with van der Waals surface area (Å²) in [6, 6.07) is 10.5. The molecule has 1 aliphatic heterocycles. The van der Waals surface area contributed by atoms with Crippen LogP contribution in [0, 0.1) is 0 Å². The number of ether oxygens (including phenoxy) is 7. The third-order valence-electron chi connectivity index (χ3n) is 5.84. The quantitative estimate of drug-likeness (QED) is 0.319. The van der Waals surface area contributed by atoms with Gasteiger partial charge in [0.25, 0.3) is 0 Å². The summed E-state index contributed by atoms with van der Waals surface area (Å²) in [4.78, 5) is 59.0. The molecule has 0 aromatic heterocycles. The lowest BCUT2D eigenvalue weighted by Gasteiger charge is -2.41. The van der Waals surface area contributed by atoms with Crippen LogP contribution in [0.4, 0.5) is 4.39 Å². The van der Waals surface area contributed by atoms with Crippen LogP contribution in [-0.4, -0.2) is 81.4 Å². The Morgan fingerprint density at radius 3 is 1.78 bits per heavy atom. The molecule has 12 nitrogen and oxygen atoms in total. The number of methoxy groups -OCH3 is 2. The lowest BCUT2D eigenvalue weighted by atomic mass is 9.99. The van der Waals surface area contributed by atoms with Gasteiger partial charge in [-0.2, -0.15) is 0 Å². The fourth-order valence-corrected chi connectivity index (χ4v) is 4.08. The van der Waals surface area contributed by atoms with Gasteiger partial charge in [0.15, 0.2) is 12.2 Å². The third kappa shape index (κ3) is 8.01. The molecule has 3 rings (SSSR count). The summed E-state index contributed by atoms with van der Waals surface area (Å²) in [5.41, 5.74) is 1.30. The highest BCUT2D eigenvalue weighted by atomic mass is 19.1. The van der Waals surface area contributed by atoms with Gasteiger partial charge in [0.1, 0.15) is 18.5 Å². The highest BCUT2D eigenvalue weighted by Crippen LogP contribution is 2.32. The van der Waals surface area contributed by atoms with Crippen LogP contribution in [0.3, 0.4) is 0 Å². The molecule has 13 heteroatoms. The number of hydrogen-bond acceptors (Lipinski definition) is 12. The predicted octanol–water partition coefficient (Wildman–Crippen LogP) is 2.80. The monoisotopic (exact) mass is 576 g/mol. The van der Waals surface area contributed by atoms with Crippen LogP contribution >= 0.6 is 0 Å². The second-order valence-corrected chi connectivity index (χ2v) is 8.86. The minimum atomic E-state index is -2.10. The number of carbonyl (C=O) groups excluding carboxylic acids is 5. The first-order valence-corrected chi connectivity index (χ1v) is 12.3.